The topological polar surface area (TPSA) is 44.8 Å². The highest BCUT2D eigenvalue weighted by Gasteiger charge is 2.31. The molecule has 0 saturated heterocycles. The molecule has 4 nitrogen and oxygen atoms in total. The summed E-state index contributed by atoms with van der Waals surface area (Å²) in [6.07, 6.45) is 3.51. The van der Waals surface area contributed by atoms with E-state index in [1.54, 1.807) is 38.5 Å². The Hall–Kier alpha value is -4.57. The molecule has 0 radical (unpaired) electrons. The van der Waals surface area contributed by atoms with Crippen molar-refractivity contribution in [1.82, 2.24) is 0 Å². The predicted molar refractivity (Wildman–Crippen MR) is 146 cm³/mol. The van der Waals surface area contributed by atoms with E-state index in [1.165, 1.54) is 11.1 Å². The first-order valence-electron chi connectivity index (χ1n) is 12.2. The van der Waals surface area contributed by atoms with Gasteiger partial charge in [-0.3, -0.25) is 4.79 Å². The Morgan fingerprint density at radius 3 is 2.19 bits per heavy atom. The first kappa shape index (κ1) is 24.1. The van der Waals surface area contributed by atoms with Crippen molar-refractivity contribution in [1.29, 1.82) is 0 Å². The molecular weight excluding hydrogens is 460 g/mol. The molecule has 0 amide bonds. The molecule has 0 bridgehead atoms. The highest BCUT2D eigenvalue weighted by Crippen LogP contribution is 2.47. The lowest BCUT2D eigenvalue weighted by molar-refractivity contribution is 0.104. The molecule has 1 aliphatic heterocycles. The number of hydrogen-bond acceptors (Lipinski definition) is 4. The number of para-hydroxylation sites is 1. The number of fused-ring (bicyclic) bond motifs is 1. The normalized spacial score (nSPS) is 14.7. The van der Waals surface area contributed by atoms with Gasteiger partial charge in [0.2, 0.25) is 0 Å². The maximum atomic E-state index is 13.3. The Kier molecular flexibility index (Phi) is 6.91. The molecule has 4 aromatic rings. The van der Waals surface area contributed by atoms with Gasteiger partial charge >= 0.3 is 0 Å². The van der Waals surface area contributed by atoms with Crippen molar-refractivity contribution in [2.24, 2.45) is 0 Å². The fraction of sp³-hybridized carbons (Fsp3) is 0.121. The second-order valence-corrected chi connectivity index (χ2v) is 8.85. The average molecular weight is 489 g/mol. The number of methoxy groups -OCH3 is 2. The molecule has 1 atom stereocenters. The zero-order valence-electron chi connectivity index (χ0n) is 21.1. The van der Waals surface area contributed by atoms with Crippen molar-refractivity contribution in [2.75, 3.05) is 14.2 Å². The first-order chi connectivity index (χ1) is 18.1. The van der Waals surface area contributed by atoms with E-state index in [4.69, 9.17) is 14.2 Å². The Morgan fingerprint density at radius 2 is 1.46 bits per heavy atom. The summed E-state index contributed by atoms with van der Waals surface area (Å²) in [6, 6.07) is 31.7. The van der Waals surface area contributed by atoms with Gasteiger partial charge in [0.25, 0.3) is 0 Å². The van der Waals surface area contributed by atoms with Crippen molar-refractivity contribution >= 4 is 11.5 Å². The van der Waals surface area contributed by atoms with Gasteiger partial charge < -0.3 is 14.2 Å². The van der Waals surface area contributed by atoms with Crippen LogP contribution in [-0.4, -0.2) is 20.0 Å². The van der Waals surface area contributed by atoms with Crippen LogP contribution >= 0.6 is 0 Å². The molecule has 1 heterocycles. The van der Waals surface area contributed by atoms with Crippen LogP contribution in [0.5, 0.6) is 17.2 Å². The van der Waals surface area contributed by atoms with Crippen LogP contribution in [-0.2, 0) is 0 Å². The summed E-state index contributed by atoms with van der Waals surface area (Å²) >= 11 is 0. The highest BCUT2D eigenvalue weighted by atomic mass is 16.5. The van der Waals surface area contributed by atoms with E-state index in [2.05, 4.69) is 31.2 Å². The van der Waals surface area contributed by atoms with Crippen molar-refractivity contribution in [3.05, 3.63) is 143 Å². The summed E-state index contributed by atoms with van der Waals surface area (Å²) in [5.74, 6) is 2.41. The molecule has 5 rings (SSSR count). The number of ketones is 1. The van der Waals surface area contributed by atoms with Gasteiger partial charge in [-0.25, -0.2) is 0 Å². The van der Waals surface area contributed by atoms with E-state index in [0.29, 0.717) is 17.1 Å². The summed E-state index contributed by atoms with van der Waals surface area (Å²) in [6.45, 7) is 2.12. The minimum atomic E-state index is -0.136. The van der Waals surface area contributed by atoms with Crippen LogP contribution in [0.3, 0.4) is 0 Å². The molecule has 4 heteroatoms. The van der Waals surface area contributed by atoms with Gasteiger partial charge in [-0.05, 0) is 48.4 Å². The van der Waals surface area contributed by atoms with Gasteiger partial charge in [-0.1, -0.05) is 78.9 Å². The molecule has 1 aliphatic rings. The van der Waals surface area contributed by atoms with E-state index in [0.717, 1.165) is 28.2 Å². The molecule has 0 unspecified atom stereocenters. The van der Waals surface area contributed by atoms with Crippen LogP contribution in [0.1, 0.15) is 38.5 Å². The van der Waals surface area contributed by atoms with Crippen molar-refractivity contribution in [3.8, 4) is 17.2 Å². The number of ether oxygens (including phenoxy) is 3. The third-order valence-electron chi connectivity index (χ3n) is 6.63. The molecule has 0 aliphatic carbocycles. The molecule has 37 heavy (non-hydrogen) atoms. The van der Waals surface area contributed by atoms with Crippen LogP contribution in [0, 0.1) is 6.92 Å². The van der Waals surface area contributed by atoms with Crippen molar-refractivity contribution in [2.45, 2.75) is 12.8 Å². The number of carbonyl (C=O) groups is 1. The standard InChI is InChI=1S/C33H28O4/c1-22-11-7-8-14-25(22)32-26-15-9-10-16-29(26)37-33(23-12-5-4-6-13-23)27(32)18-19-28(34)24-17-20-30(35-2)31(21-24)36-3/h4-21,32H,1-3H3/b19-18-/t32-/m1/s1. The summed E-state index contributed by atoms with van der Waals surface area (Å²) in [7, 11) is 3.13. The van der Waals surface area contributed by atoms with Gasteiger partial charge in [0.05, 0.1) is 14.2 Å². The Labute approximate surface area is 217 Å². The van der Waals surface area contributed by atoms with E-state index >= 15 is 0 Å². The minimum Gasteiger partial charge on any atom is -0.493 e. The SMILES string of the molecule is COc1ccc(C(=O)/C=C\C2=C(c3ccccc3)Oc3ccccc3[C@H]2c2ccccc2C)cc1OC. The monoisotopic (exact) mass is 488 g/mol. The fourth-order valence-electron chi connectivity index (χ4n) is 4.76. The maximum absolute atomic E-state index is 13.3. The molecular formula is C33H28O4. The van der Waals surface area contributed by atoms with Crippen molar-refractivity contribution < 1.29 is 19.0 Å². The molecule has 0 N–H and O–H groups in total. The molecule has 0 aromatic heterocycles. The zero-order valence-corrected chi connectivity index (χ0v) is 21.1. The molecule has 0 saturated carbocycles. The number of hydrogen-bond donors (Lipinski definition) is 0. The summed E-state index contributed by atoms with van der Waals surface area (Å²) in [5, 5.41) is 0. The van der Waals surface area contributed by atoms with Crippen LogP contribution in [0.4, 0.5) is 0 Å². The lowest BCUT2D eigenvalue weighted by Gasteiger charge is -2.31. The Bertz CT molecular complexity index is 1500. The molecule has 184 valence electrons. The molecule has 0 spiro atoms. The third-order valence-corrected chi connectivity index (χ3v) is 6.63. The first-order valence-corrected chi connectivity index (χ1v) is 12.2. The fourth-order valence-corrected chi connectivity index (χ4v) is 4.76. The van der Waals surface area contributed by atoms with E-state index in [-0.39, 0.29) is 11.7 Å². The zero-order chi connectivity index (χ0) is 25.8. The smallest absolute Gasteiger partial charge is 0.185 e. The van der Waals surface area contributed by atoms with E-state index in [1.807, 2.05) is 60.7 Å². The van der Waals surface area contributed by atoms with Gasteiger partial charge in [0.15, 0.2) is 17.3 Å². The van der Waals surface area contributed by atoms with Crippen molar-refractivity contribution in [3.63, 3.8) is 0 Å². The average Bonchev–Trinajstić information content (AvgIpc) is 2.95. The Morgan fingerprint density at radius 1 is 0.784 bits per heavy atom. The van der Waals surface area contributed by atoms with E-state index in [9.17, 15) is 4.79 Å². The second kappa shape index (κ2) is 10.6. The summed E-state index contributed by atoms with van der Waals surface area (Å²) < 4.78 is 17.2. The quantitative estimate of drug-likeness (QED) is 0.201. The second-order valence-electron chi connectivity index (χ2n) is 8.85. The lowest BCUT2D eigenvalue weighted by Crippen LogP contribution is -2.16. The van der Waals surface area contributed by atoms with Crippen LogP contribution in [0.2, 0.25) is 0 Å². The van der Waals surface area contributed by atoms with Gasteiger partial charge in [0, 0.05) is 28.2 Å². The lowest BCUT2D eigenvalue weighted by atomic mass is 9.79. The maximum Gasteiger partial charge on any atom is 0.185 e. The summed E-state index contributed by atoms with van der Waals surface area (Å²) in [4.78, 5) is 13.3. The highest BCUT2D eigenvalue weighted by molar-refractivity contribution is 6.05. The molecule has 0 fully saturated rings. The van der Waals surface area contributed by atoms with Gasteiger partial charge in [0.1, 0.15) is 11.5 Å². The summed E-state index contributed by atoms with van der Waals surface area (Å²) in [5.41, 5.74) is 5.80. The Balaban J connectivity index is 1.66. The number of allylic oxidation sites excluding steroid dienone is 3. The van der Waals surface area contributed by atoms with Gasteiger partial charge in [-0.15, -0.1) is 0 Å². The number of rotatable bonds is 7. The predicted octanol–water partition coefficient (Wildman–Crippen LogP) is 7.39. The number of carbonyl (C=O) groups excluding carboxylic acids is 1. The van der Waals surface area contributed by atoms with E-state index < -0.39 is 0 Å². The van der Waals surface area contributed by atoms with Gasteiger partial charge in [-0.2, -0.15) is 0 Å². The van der Waals surface area contributed by atoms with Crippen LogP contribution in [0.25, 0.3) is 5.76 Å². The third kappa shape index (κ3) is 4.78. The number of aryl methyl sites for hydroxylation is 1. The van der Waals surface area contributed by atoms with Crippen LogP contribution in [0.15, 0.2) is 115 Å². The van der Waals surface area contributed by atoms with Crippen LogP contribution < -0.4 is 14.2 Å². The molecule has 4 aromatic carbocycles. The number of benzene rings is 4. The minimum absolute atomic E-state index is 0.101. The largest absolute Gasteiger partial charge is 0.493 e.